The molecule has 122 valence electrons. The molecule has 7 nitrogen and oxygen atoms in total. The molecule has 2 aromatic rings. The number of likely N-dealkylation sites (tertiary alicyclic amines) is 1. The number of hydrogen-bond acceptors (Lipinski definition) is 5. The van der Waals surface area contributed by atoms with E-state index in [0.717, 1.165) is 21.0 Å². The van der Waals surface area contributed by atoms with Gasteiger partial charge in [0.25, 0.3) is 0 Å². The minimum atomic E-state index is -0.0742. The minimum absolute atomic E-state index is 0.0322. The lowest BCUT2D eigenvalue weighted by atomic mass is 10.2. The topological polar surface area (TPSA) is 86.3 Å². The maximum absolute atomic E-state index is 12.1. The first-order valence-electron chi connectivity index (χ1n) is 7.25. The van der Waals surface area contributed by atoms with Crippen LogP contribution in [-0.2, 0) is 9.53 Å². The van der Waals surface area contributed by atoms with Gasteiger partial charge in [-0.05, 0) is 35.1 Å². The number of methoxy groups -OCH3 is 1. The van der Waals surface area contributed by atoms with Crippen molar-refractivity contribution in [2.75, 3.05) is 26.0 Å². The fraction of sp³-hybridized carbons (Fsp3) is 0.400. The first-order chi connectivity index (χ1) is 11.1. The van der Waals surface area contributed by atoms with Gasteiger partial charge in [0.05, 0.1) is 24.1 Å². The van der Waals surface area contributed by atoms with Crippen LogP contribution in [0.15, 0.2) is 25.2 Å². The summed E-state index contributed by atoms with van der Waals surface area (Å²) in [6, 6.07) is 0.157. The van der Waals surface area contributed by atoms with E-state index in [1.54, 1.807) is 7.11 Å². The first kappa shape index (κ1) is 16.2. The lowest BCUT2D eigenvalue weighted by Crippen LogP contribution is -2.37. The summed E-state index contributed by atoms with van der Waals surface area (Å²) in [4.78, 5) is 22.3. The van der Waals surface area contributed by atoms with E-state index >= 15 is 0 Å². The minimum Gasteiger partial charge on any atom is -0.383 e. The Morgan fingerprint density at radius 1 is 1.61 bits per heavy atom. The highest BCUT2D eigenvalue weighted by Crippen LogP contribution is 2.33. The molecule has 1 amide bonds. The van der Waals surface area contributed by atoms with Gasteiger partial charge in [-0.2, -0.15) is 0 Å². The third-order valence-electron chi connectivity index (χ3n) is 4.19. The number of nitrogens with zero attached hydrogens (tertiary/aromatic N) is 4. The van der Waals surface area contributed by atoms with Crippen molar-refractivity contribution in [1.29, 1.82) is 0 Å². The van der Waals surface area contributed by atoms with Crippen molar-refractivity contribution >= 4 is 45.3 Å². The van der Waals surface area contributed by atoms with Gasteiger partial charge in [-0.1, -0.05) is 6.58 Å². The molecule has 2 N–H and O–H groups in total. The SMILES string of the molecule is C=CC(=O)N1C[C@@H](n2cc(I)c3c(N)ncnc32)C[C@@H]1COC. The Hall–Kier alpha value is -1.68. The number of carbonyl (C=O) groups is 1. The predicted molar refractivity (Wildman–Crippen MR) is 95.9 cm³/mol. The van der Waals surface area contributed by atoms with Gasteiger partial charge < -0.3 is 19.9 Å². The van der Waals surface area contributed by atoms with E-state index in [1.807, 2.05) is 11.1 Å². The summed E-state index contributed by atoms with van der Waals surface area (Å²) in [6.45, 7) is 4.69. The van der Waals surface area contributed by atoms with Crippen molar-refractivity contribution < 1.29 is 9.53 Å². The Kier molecular flexibility index (Phi) is 4.53. The van der Waals surface area contributed by atoms with Crippen molar-refractivity contribution in [3.05, 3.63) is 28.7 Å². The molecule has 0 bridgehead atoms. The fourth-order valence-corrected chi connectivity index (χ4v) is 3.99. The second-order valence-corrected chi connectivity index (χ2v) is 6.70. The predicted octanol–water partition coefficient (Wildman–Crippen LogP) is 1.59. The monoisotopic (exact) mass is 427 g/mol. The summed E-state index contributed by atoms with van der Waals surface area (Å²) >= 11 is 2.24. The third kappa shape index (κ3) is 2.80. The molecule has 1 fully saturated rings. The highest BCUT2D eigenvalue weighted by Gasteiger charge is 2.36. The number of halogens is 1. The highest BCUT2D eigenvalue weighted by molar-refractivity contribution is 14.1. The Balaban J connectivity index is 1.98. The summed E-state index contributed by atoms with van der Waals surface area (Å²) in [5.74, 6) is 0.401. The number of carbonyl (C=O) groups excluding carboxylic acids is 1. The molecule has 1 aliphatic heterocycles. The van der Waals surface area contributed by atoms with E-state index < -0.39 is 0 Å². The molecule has 3 rings (SSSR count). The largest absolute Gasteiger partial charge is 0.383 e. The van der Waals surface area contributed by atoms with E-state index in [9.17, 15) is 4.79 Å². The second kappa shape index (κ2) is 6.44. The smallest absolute Gasteiger partial charge is 0.246 e. The van der Waals surface area contributed by atoms with Gasteiger partial charge in [-0.3, -0.25) is 4.79 Å². The van der Waals surface area contributed by atoms with Crippen LogP contribution in [0, 0.1) is 3.57 Å². The Bertz CT molecular complexity index is 760. The van der Waals surface area contributed by atoms with Crippen molar-refractivity contribution in [2.45, 2.75) is 18.5 Å². The van der Waals surface area contributed by atoms with Gasteiger partial charge >= 0.3 is 0 Å². The molecule has 0 saturated carbocycles. The van der Waals surface area contributed by atoms with Gasteiger partial charge in [-0.25, -0.2) is 9.97 Å². The molecule has 0 aromatic carbocycles. The summed E-state index contributed by atoms with van der Waals surface area (Å²) in [6.07, 6.45) is 5.64. The lowest BCUT2D eigenvalue weighted by molar-refractivity contribution is -0.127. The van der Waals surface area contributed by atoms with Gasteiger partial charge in [0.1, 0.15) is 17.8 Å². The lowest BCUT2D eigenvalue weighted by Gasteiger charge is -2.22. The maximum atomic E-state index is 12.1. The molecule has 3 heterocycles. The van der Waals surface area contributed by atoms with Gasteiger partial charge in [0.2, 0.25) is 5.91 Å². The van der Waals surface area contributed by atoms with Crippen molar-refractivity contribution in [1.82, 2.24) is 19.4 Å². The molecule has 1 aliphatic rings. The van der Waals surface area contributed by atoms with Crippen LogP contribution < -0.4 is 5.73 Å². The van der Waals surface area contributed by atoms with Crippen LogP contribution in [0.25, 0.3) is 11.0 Å². The van der Waals surface area contributed by atoms with Crippen molar-refractivity contribution in [2.24, 2.45) is 0 Å². The van der Waals surface area contributed by atoms with Crippen molar-refractivity contribution in [3.63, 3.8) is 0 Å². The fourth-order valence-electron chi connectivity index (χ4n) is 3.17. The summed E-state index contributed by atoms with van der Waals surface area (Å²) in [7, 11) is 1.64. The zero-order chi connectivity index (χ0) is 16.6. The van der Waals surface area contributed by atoms with Gasteiger partial charge in [-0.15, -0.1) is 0 Å². The molecule has 0 radical (unpaired) electrons. The van der Waals surface area contributed by atoms with Crippen molar-refractivity contribution in [3.8, 4) is 0 Å². The highest BCUT2D eigenvalue weighted by atomic mass is 127. The van der Waals surface area contributed by atoms with Crippen LogP contribution in [0.2, 0.25) is 0 Å². The van der Waals surface area contributed by atoms with E-state index in [4.69, 9.17) is 10.5 Å². The summed E-state index contributed by atoms with van der Waals surface area (Å²) < 4.78 is 8.36. The number of nitrogen functional groups attached to an aromatic ring is 1. The zero-order valence-electron chi connectivity index (χ0n) is 12.8. The van der Waals surface area contributed by atoms with E-state index in [-0.39, 0.29) is 18.0 Å². The van der Waals surface area contributed by atoms with Crippen LogP contribution in [-0.4, -0.2) is 51.6 Å². The summed E-state index contributed by atoms with van der Waals surface area (Å²) in [5, 5.41) is 0.866. The van der Waals surface area contributed by atoms with Crippen LogP contribution in [0.1, 0.15) is 12.5 Å². The number of aromatic nitrogens is 3. The average molecular weight is 427 g/mol. The number of amides is 1. The van der Waals surface area contributed by atoms with Gasteiger partial charge in [0, 0.05) is 23.4 Å². The second-order valence-electron chi connectivity index (χ2n) is 5.54. The number of ether oxygens (including phenoxy) is 1. The van der Waals surface area contributed by atoms with E-state index in [0.29, 0.717) is 19.0 Å². The molecule has 8 heteroatoms. The molecule has 0 unspecified atom stereocenters. The maximum Gasteiger partial charge on any atom is 0.246 e. The van der Waals surface area contributed by atoms with Crippen LogP contribution in [0.5, 0.6) is 0 Å². The Labute approximate surface area is 147 Å². The molecule has 2 atom stereocenters. The molecular weight excluding hydrogens is 409 g/mol. The normalized spacial score (nSPS) is 21.0. The molecule has 0 spiro atoms. The first-order valence-corrected chi connectivity index (χ1v) is 8.33. The van der Waals surface area contributed by atoms with E-state index in [2.05, 4.69) is 43.7 Å². The zero-order valence-corrected chi connectivity index (χ0v) is 14.9. The molecule has 0 aliphatic carbocycles. The van der Waals surface area contributed by atoms with Crippen LogP contribution >= 0.6 is 22.6 Å². The Morgan fingerprint density at radius 2 is 2.39 bits per heavy atom. The molecule has 2 aromatic heterocycles. The van der Waals surface area contributed by atoms with E-state index in [1.165, 1.54) is 12.4 Å². The van der Waals surface area contributed by atoms with Crippen LogP contribution in [0.4, 0.5) is 5.82 Å². The average Bonchev–Trinajstić information content (AvgIpc) is 3.09. The number of fused-ring (bicyclic) bond motifs is 1. The number of anilines is 1. The third-order valence-corrected chi connectivity index (χ3v) is 5.01. The quantitative estimate of drug-likeness (QED) is 0.592. The molecule has 23 heavy (non-hydrogen) atoms. The number of nitrogens with two attached hydrogens (primary N) is 1. The summed E-state index contributed by atoms with van der Waals surface area (Å²) in [5.41, 5.74) is 6.78. The molecule has 1 saturated heterocycles. The number of hydrogen-bond donors (Lipinski definition) is 1. The van der Waals surface area contributed by atoms with Crippen LogP contribution in [0.3, 0.4) is 0 Å². The van der Waals surface area contributed by atoms with Gasteiger partial charge in [0.15, 0.2) is 0 Å². The Morgan fingerprint density at radius 3 is 3.09 bits per heavy atom. The standard InChI is InChI=1S/C15H18IN5O2/c1-3-12(22)20-5-9(4-10(20)7-23-2)21-6-11(16)13-14(17)18-8-19-15(13)21/h3,6,8-10H,1,4-5,7H2,2H3,(H2,17,18,19)/t9-,10+/m0/s1. The number of rotatable bonds is 4. The molecular formula is C15H18IN5O2.